The van der Waals surface area contributed by atoms with E-state index in [-0.39, 0.29) is 18.5 Å². The molecule has 1 aliphatic carbocycles. The molecule has 1 aliphatic rings. The molecule has 0 saturated heterocycles. The van der Waals surface area contributed by atoms with Crippen molar-refractivity contribution in [3.8, 4) is 0 Å². The lowest BCUT2D eigenvalue weighted by Crippen LogP contribution is -2.52. The Bertz CT molecular complexity index is 1090. The molecule has 0 unspecified atom stereocenters. The number of hydrogen-bond donors (Lipinski definition) is 1. The van der Waals surface area contributed by atoms with Crippen LogP contribution in [0.1, 0.15) is 44.6 Å². The third-order valence-corrected chi connectivity index (χ3v) is 7.72. The number of halogens is 1. The van der Waals surface area contributed by atoms with Crippen LogP contribution in [0.15, 0.2) is 59.1 Å². The molecule has 2 amide bonds. The first kappa shape index (κ1) is 26.2. The molecule has 184 valence electrons. The fourth-order valence-electron chi connectivity index (χ4n) is 4.18. The molecule has 2 aromatic rings. The second-order valence-corrected chi connectivity index (χ2v) is 11.6. The molecule has 0 aliphatic heterocycles. The average molecular weight is 551 g/mol. The zero-order valence-corrected chi connectivity index (χ0v) is 22.0. The van der Waals surface area contributed by atoms with E-state index in [1.54, 1.807) is 31.2 Å². The Hall–Kier alpha value is -2.39. The van der Waals surface area contributed by atoms with Gasteiger partial charge in [0.2, 0.25) is 21.8 Å². The lowest BCUT2D eigenvalue weighted by molar-refractivity contribution is -0.139. The van der Waals surface area contributed by atoms with Crippen LogP contribution in [0.2, 0.25) is 0 Å². The van der Waals surface area contributed by atoms with Crippen molar-refractivity contribution in [3.05, 3.63) is 64.6 Å². The van der Waals surface area contributed by atoms with Crippen LogP contribution in [0, 0.1) is 0 Å². The van der Waals surface area contributed by atoms with Gasteiger partial charge in [0.05, 0.1) is 11.9 Å². The van der Waals surface area contributed by atoms with Gasteiger partial charge in [0.15, 0.2) is 0 Å². The van der Waals surface area contributed by atoms with Crippen molar-refractivity contribution in [2.24, 2.45) is 0 Å². The summed E-state index contributed by atoms with van der Waals surface area (Å²) in [5.74, 6) is -0.662. The number of carbonyl (C=O) groups excluding carboxylic acids is 2. The number of nitrogens with zero attached hydrogens (tertiary/aromatic N) is 2. The second kappa shape index (κ2) is 11.8. The van der Waals surface area contributed by atoms with Gasteiger partial charge in [0, 0.05) is 17.1 Å². The lowest BCUT2D eigenvalue weighted by Gasteiger charge is -2.33. The zero-order chi connectivity index (χ0) is 24.7. The molecule has 9 heteroatoms. The van der Waals surface area contributed by atoms with Gasteiger partial charge in [0.1, 0.15) is 12.6 Å². The molecule has 0 radical (unpaired) electrons. The Morgan fingerprint density at radius 2 is 1.74 bits per heavy atom. The molecule has 7 nitrogen and oxygen atoms in total. The van der Waals surface area contributed by atoms with Gasteiger partial charge in [-0.1, -0.05) is 71.6 Å². The van der Waals surface area contributed by atoms with Gasteiger partial charge in [-0.15, -0.1) is 0 Å². The second-order valence-electron chi connectivity index (χ2n) is 8.78. The third kappa shape index (κ3) is 7.30. The Morgan fingerprint density at radius 3 is 2.35 bits per heavy atom. The van der Waals surface area contributed by atoms with Crippen molar-refractivity contribution in [2.45, 2.75) is 57.7 Å². The van der Waals surface area contributed by atoms with E-state index < -0.39 is 28.5 Å². The number of amides is 2. The van der Waals surface area contributed by atoms with E-state index in [1.807, 2.05) is 30.3 Å². The fraction of sp³-hybridized carbons (Fsp3) is 0.440. The van der Waals surface area contributed by atoms with E-state index in [0.717, 1.165) is 41.8 Å². The Labute approximate surface area is 210 Å². The lowest BCUT2D eigenvalue weighted by atomic mass is 9.95. The smallest absolute Gasteiger partial charge is 0.244 e. The van der Waals surface area contributed by atoms with Crippen LogP contribution in [0.3, 0.4) is 0 Å². The minimum absolute atomic E-state index is 0.117. The summed E-state index contributed by atoms with van der Waals surface area (Å²) in [4.78, 5) is 28.1. The van der Waals surface area contributed by atoms with Crippen LogP contribution in [-0.2, 0) is 26.2 Å². The van der Waals surface area contributed by atoms with Crippen molar-refractivity contribution in [3.63, 3.8) is 0 Å². The Morgan fingerprint density at radius 1 is 1.06 bits per heavy atom. The maximum atomic E-state index is 13.5. The van der Waals surface area contributed by atoms with Gasteiger partial charge in [0.25, 0.3) is 0 Å². The largest absolute Gasteiger partial charge is 0.352 e. The maximum absolute atomic E-state index is 13.5. The molecule has 34 heavy (non-hydrogen) atoms. The molecule has 1 N–H and O–H groups in total. The molecule has 0 bridgehead atoms. The maximum Gasteiger partial charge on any atom is 0.244 e. The third-order valence-electron chi connectivity index (χ3n) is 6.09. The Kier molecular flexibility index (Phi) is 9.13. The molecular weight excluding hydrogens is 518 g/mol. The molecule has 0 heterocycles. The number of rotatable bonds is 9. The van der Waals surface area contributed by atoms with Gasteiger partial charge in [-0.05, 0) is 43.5 Å². The van der Waals surface area contributed by atoms with Gasteiger partial charge in [-0.2, -0.15) is 0 Å². The summed E-state index contributed by atoms with van der Waals surface area (Å²) in [5, 5.41) is 3.09. The van der Waals surface area contributed by atoms with E-state index in [2.05, 4.69) is 21.2 Å². The first-order valence-corrected chi connectivity index (χ1v) is 14.2. The molecule has 3 rings (SSSR count). The highest BCUT2D eigenvalue weighted by atomic mass is 79.9. The predicted molar refractivity (Wildman–Crippen MR) is 138 cm³/mol. The number of anilines is 1. The van der Waals surface area contributed by atoms with Crippen molar-refractivity contribution in [1.82, 2.24) is 10.2 Å². The topological polar surface area (TPSA) is 86.8 Å². The normalized spacial score (nSPS) is 15.4. The van der Waals surface area contributed by atoms with Crippen molar-refractivity contribution in [2.75, 3.05) is 17.1 Å². The van der Waals surface area contributed by atoms with Crippen LogP contribution in [-0.4, -0.2) is 50.0 Å². The minimum atomic E-state index is -3.74. The fourth-order valence-corrected chi connectivity index (χ4v) is 5.41. The van der Waals surface area contributed by atoms with E-state index in [4.69, 9.17) is 0 Å². The van der Waals surface area contributed by atoms with E-state index >= 15 is 0 Å². The number of nitrogens with one attached hydrogen (secondary N) is 1. The summed E-state index contributed by atoms with van der Waals surface area (Å²) in [6.07, 6.45) is 6.30. The molecule has 2 aromatic carbocycles. The van der Waals surface area contributed by atoms with Crippen molar-refractivity contribution >= 4 is 43.5 Å². The molecule has 1 fully saturated rings. The summed E-state index contributed by atoms with van der Waals surface area (Å²) in [6, 6.07) is 15.5. The summed E-state index contributed by atoms with van der Waals surface area (Å²) in [5.41, 5.74) is 1.24. The summed E-state index contributed by atoms with van der Waals surface area (Å²) in [7, 11) is -3.74. The Balaban J connectivity index is 1.84. The zero-order valence-electron chi connectivity index (χ0n) is 19.6. The number of carbonyl (C=O) groups is 2. The van der Waals surface area contributed by atoms with E-state index in [9.17, 15) is 18.0 Å². The molecule has 0 spiro atoms. The van der Waals surface area contributed by atoms with Crippen LogP contribution in [0.4, 0.5) is 5.69 Å². The highest BCUT2D eigenvalue weighted by Crippen LogP contribution is 2.23. The number of benzene rings is 2. The number of sulfonamides is 1. The molecule has 1 saturated carbocycles. The van der Waals surface area contributed by atoms with Gasteiger partial charge >= 0.3 is 0 Å². The van der Waals surface area contributed by atoms with E-state index in [0.29, 0.717) is 10.2 Å². The predicted octanol–water partition coefficient (Wildman–Crippen LogP) is 4.08. The SMILES string of the molecule is C[C@H](C(=O)NC1CCCCC1)N(Cc1ccccc1)C(=O)CN(c1cccc(Br)c1)S(C)(=O)=O. The van der Waals surface area contributed by atoms with Crippen LogP contribution in [0.5, 0.6) is 0 Å². The van der Waals surface area contributed by atoms with Gasteiger partial charge < -0.3 is 10.2 Å². The first-order chi connectivity index (χ1) is 16.1. The average Bonchev–Trinajstić information content (AvgIpc) is 2.81. The molecular formula is C25H32BrN3O4S. The van der Waals surface area contributed by atoms with E-state index in [1.165, 1.54) is 11.3 Å². The molecule has 0 aromatic heterocycles. The first-order valence-electron chi connectivity index (χ1n) is 11.5. The highest BCUT2D eigenvalue weighted by molar-refractivity contribution is 9.10. The molecule has 1 atom stereocenters. The van der Waals surface area contributed by atoms with Crippen LogP contribution < -0.4 is 9.62 Å². The quantitative estimate of drug-likeness (QED) is 0.510. The highest BCUT2D eigenvalue weighted by Gasteiger charge is 2.31. The monoisotopic (exact) mass is 549 g/mol. The summed E-state index contributed by atoms with van der Waals surface area (Å²) >= 11 is 3.36. The summed E-state index contributed by atoms with van der Waals surface area (Å²) < 4.78 is 26.9. The number of hydrogen-bond acceptors (Lipinski definition) is 4. The van der Waals surface area contributed by atoms with Crippen LogP contribution >= 0.6 is 15.9 Å². The van der Waals surface area contributed by atoms with Gasteiger partial charge in [-0.3, -0.25) is 13.9 Å². The minimum Gasteiger partial charge on any atom is -0.352 e. The summed E-state index contributed by atoms with van der Waals surface area (Å²) in [6.45, 7) is 1.50. The standard InChI is InChI=1S/C25H32BrN3O4S/c1-19(25(31)27-22-13-7-4-8-14-22)28(17-20-10-5-3-6-11-20)24(30)18-29(34(2,32)33)23-15-9-12-21(26)16-23/h3,5-6,9-12,15-16,19,22H,4,7-8,13-14,17-18H2,1-2H3,(H,27,31)/t19-/m1/s1. The van der Waals surface area contributed by atoms with Crippen molar-refractivity contribution < 1.29 is 18.0 Å². The van der Waals surface area contributed by atoms with Gasteiger partial charge in [-0.25, -0.2) is 8.42 Å². The van der Waals surface area contributed by atoms with Crippen molar-refractivity contribution in [1.29, 1.82) is 0 Å². The van der Waals surface area contributed by atoms with Crippen LogP contribution in [0.25, 0.3) is 0 Å².